The van der Waals surface area contributed by atoms with Gasteiger partial charge in [0.1, 0.15) is 5.75 Å². The predicted octanol–water partition coefficient (Wildman–Crippen LogP) is 2.72. The van der Waals surface area contributed by atoms with Gasteiger partial charge in [0.05, 0.1) is 11.5 Å². The number of sulfonamides is 1. The molecule has 0 aliphatic carbocycles. The van der Waals surface area contributed by atoms with E-state index in [1.165, 1.54) is 27.2 Å². The first-order valence-corrected chi connectivity index (χ1v) is 10.7. The van der Waals surface area contributed by atoms with Crippen LogP contribution in [0, 0.1) is 13.8 Å². The molecule has 7 heteroatoms. The molecule has 0 atom stereocenters. The van der Waals surface area contributed by atoms with Gasteiger partial charge in [-0.05, 0) is 56.4 Å². The molecule has 0 radical (unpaired) electrons. The number of nitrogens with zero attached hydrogens (tertiary/aromatic N) is 2. The molecule has 1 aliphatic rings. The van der Waals surface area contributed by atoms with E-state index in [-0.39, 0.29) is 10.5 Å². The van der Waals surface area contributed by atoms with Gasteiger partial charge in [-0.25, -0.2) is 8.42 Å². The third kappa shape index (κ3) is 4.59. The second-order valence-electron chi connectivity index (χ2n) is 6.98. The van der Waals surface area contributed by atoms with Crippen molar-refractivity contribution in [2.45, 2.75) is 44.6 Å². The van der Waals surface area contributed by atoms with Crippen LogP contribution in [-0.4, -0.2) is 37.0 Å². The highest BCUT2D eigenvalue weighted by atomic mass is 32.2. The Morgan fingerprint density at radius 3 is 2.56 bits per heavy atom. The summed E-state index contributed by atoms with van der Waals surface area (Å²) in [5.74, 6) is 0.840. The minimum absolute atomic E-state index is 0.180. The van der Waals surface area contributed by atoms with Gasteiger partial charge in [-0.15, -0.1) is 0 Å². The predicted molar refractivity (Wildman–Crippen MR) is 105 cm³/mol. The molecule has 1 aromatic heterocycles. The average Bonchev–Trinajstić information content (AvgIpc) is 3.18. The van der Waals surface area contributed by atoms with Crippen LogP contribution < -0.4 is 10.3 Å². The summed E-state index contributed by atoms with van der Waals surface area (Å²) in [6.07, 6.45) is 3.83. The Balaban J connectivity index is 1.65. The van der Waals surface area contributed by atoms with E-state index in [0.717, 1.165) is 29.7 Å². The molecule has 6 nitrogen and oxygen atoms in total. The Kier molecular flexibility index (Phi) is 6.01. The van der Waals surface area contributed by atoms with Crippen LogP contribution in [0.3, 0.4) is 0 Å². The molecule has 0 N–H and O–H groups in total. The molecule has 0 spiro atoms. The summed E-state index contributed by atoms with van der Waals surface area (Å²) in [6.45, 7) is 5.97. The van der Waals surface area contributed by atoms with Crippen LogP contribution in [0.25, 0.3) is 0 Å². The summed E-state index contributed by atoms with van der Waals surface area (Å²) in [5, 5.41) is 0. The summed E-state index contributed by atoms with van der Waals surface area (Å²) in [4.78, 5) is 12.3. The molecule has 2 heterocycles. The number of ether oxygens (including phenoxy) is 1. The van der Waals surface area contributed by atoms with Gasteiger partial charge < -0.3 is 9.30 Å². The molecular formula is C20H26N2O4S. The van der Waals surface area contributed by atoms with E-state index < -0.39 is 10.0 Å². The number of aromatic nitrogens is 1. The molecule has 146 valence electrons. The molecule has 0 saturated carbocycles. The monoisotopic (exact) mass is 390 g/mol. The second-order valence-corrected chi connectivity index (χ2v) is 8.92. The first kappa shape index (κ1) is 19.6. The third-order valence-electron chi connectivity index (χ3n) is 4.80. The van der Waals surface area contributed by atoms with Crippen molar-refractivity contribution in [3.63, 3.8) is 0 Å². The van der Waals surface area contributed by atoms with E-state index in [0.29, 0.717) is 32.7 Å². The molecular weight excluding hydrogens is 364 g/mol. The highest BCUT2D eigenvalue weighted by molar-refractivity contribution is 7.89. The second kappa shape index (κ2) is 8.27. The maximum Gasteiger partial charge on any atom is 0.250 e. The largest absolute Gasteiger partial charge is 0.493 e. The van der Waals surface area contributed by atoms with Crippen LogP contribution in [-0.2, 0) is 16.6 Å². The lowest BCUT2D eigenvalue weighted by atomic mass is 10.1. The highest BCUT2D eigenvalue weighted by Crippen LogP contribution is 2.20. The molecule has 3 rings (SSSR count). The SMILES string of the molecule is Cc1ccc(C)c(OCCCn2cc(S(=O)(=O)N3CCCC3)ccc2=O)c1. The van der Waals surface area contributed by atoms with Gasteiger partial charge in [-0.3, -0.25) is 4.79 Å². The van der Waals surface area contributed by atoms with Gasteiger partial charge >= 0.3 is 0 Å². The Labute approximate surface area is 160 Å². The van der Waals surface area contributed by atoms with Crippen molar-refractivity contribution in [1.29, 1.82) is 0 Å². The molecule has 0 unspecified atom stereocenters. The van der Waals surface area contributed by atoms with Crippen LogP contribution in [0.2, 0.25) is 0 Å². The average molecular weight is 391 g/mol. The first-order valence-electron chi connectivity index (χ1n) is 9.28. The van der Waals surface area contributed by atoms with E-state index >= 15 is 0 Å². The summed E-state index contributed by atoms with van der Waals surface area (Å²) in [6, 6.07) is 8.77. The molecule has 1 fully saturated rings. The fraction of sp³-hybridized carbons (Fsp3) is 0.450. The van der Waals surface area contributed by atoms with Crippen molar-refractivity contribution in [2.75, 3.05) is 19.7 Å². The minimum atomic E-state index is -3.52. The van der Waals surface area contributed by atoms with Crippen molar-refractivity contribution in [2.24, 2.45) is 0 Å². The van der Waals surface area contributed by atoms with Crippen LogP contribution in [0.5, 0.6) is 5.75 Å². The zero-order chi connectivity index (χ0) is 19.4. The van der Waals surface area contributed by atoms with Gasteiger partial charge in [-0.2, -0.15) is 4.31 Å². The smallest absolute Gasteiger partial charge is 0.250 e. The van der Waals surface area contributed by atoms with E-state index in [1.807, 2.05) is 32.0 Å². The summed E-state index contributed by atoms with van der Waals surface area (Å²) >= 11 is 0. The van der Waals surface area contributed by atoms with Crippen molar-refractivity contribution >= 4 is 10.0 Å². The standard InChI is InChI=1S/C20H26N2O4S/c1-16-6-7-17(2)19(14-16)26-13-5-10-21-15-18(8-9-20(21)23)27(24,25)22-11-3-4-12-22/h6-9,14-15H,3-5,10-13H2,1-2H3. The maximum atomic E-state index is 12.7. The lowest BCUT2D eigenvalue weighted by molar-refractivity contribution is 0.298. The fourth-order valence-corrected chi connectivity index (χ4v) is 4.73. The number of pyridine rings is 1. The summed E-state index contributed by atoms with van der Waals surface area (Å²) < 4.78 is 34.1. The van der Waals surface area contributed by atoms with Crippen molar-refractivity contribution in [1.82, 2.24) is 8.87 Å². The number of hydrogen-bond acceptors (Lipinski definition) is 4. The third-order valence-corrected chi connectivity index (χ3v) is 6.69. The molecule has 1 aliphatic heterocycles. The molecule has 2 aromatic rings. The Morgan fingerprint density at radius 1 is 1.07 bits per heavy atom. The molecule has 27 heavy (non-hydrogen) atoms. The Bertz CT molecular complexity index is 960. The molecule has 0 bridgehead atoms. The number of benzene rings is 1. The van der Waals surface area contributed by atoms with Crippen molar-refractivity contribution in [3.8, 4) is 5.75 Å². The zero-order valence-electron chi connectivity index (χ0n) is 15.8. The number of aryl methyl sites for hydroxylation is 3. The fourth-order valence-electron chi connectivity index (χ4n) is 3.19. The minimum Gasteiger partial charge on any atom is -0.493 e. The normalized spacial score (nSPS) is 15.2. The van der Waals surface area contributed by atoms with Crippen molar-refractivity contribution in [3.05, 3.63) is 58.0 Å². The van der Waals surface area contributed by atoms with E-state index in [2.05, 4.69) is 0 Å². The lowest BCUT2D eigenvalue weighted by Gasteiger charge is -2.16. The zero-order valence-corrected chi connectivity index (χ0v) is 16.7. The molecule has 0 amide bonds. The maximum absolute atomic E-state index is 12.7. The Morgan fingerprint density at radius 2 is 1.81 bits per heavy atom. The first-order chi connectivity index (χ1) is 12.9. The lowest BCUT2D eigenvalue weighted by Crippen LogP contribution is -2.29. The van der Waals surface area contributed by atoms with Crippen LogP contribution in [0.1, 0.15) is 30.4 Å². The van der Waals surface area contributed by atoms with Gasteiger partial charge in [-0.1, -0.05) is 12.1 Å². The van der Waals surface area contributed by atoms with E-state index in [9.17, 15) is 13.2 Å². The van der Waals surface area contributed by atoms with Gasteiger partial charge in [0.25, 0.3) is 5.56 Å². The topological polar surface area (TPSA) is 68.6 Å². The molecule has 1 aromatic carbocycles. The molecule has 1 saturated heterocycles. The summed E-state index contributed by atoms with van der Waals surface area (Å²) in [5.41, 5.74) is 1.99. The quantitative estimate of drug-likeness (QED) is 0.682. The van der Waals surface area contributed by atoms with E-state index in [1.54, 1.807) is 0 Å². The van der Waals surface area contributed by atoms with Crippen LogP contribution >= 0.6 is 0 Å². The Hall–Kier alpha value is -2.12. The van der Waals surface area contributed by atoms with Gasteiger partial charge in [0.2, 0.25) is 10.0 Å². The van der Waals surface area contributed by atoms with Crippen LogP contribution in [0.15, 0.2) is 46.2 Å². The van der Waals surface area contributed by atoms with Gasteiger partial charge in [0, 0.05) is 31.9 Å². The summed E-state index contributed by atoms with van der Waals surface area (Å²) in [7, 11) is -3.52. The van der Waals surface area contributed by atoms with Crippen LogP contribution in [0.4, 0.5) is 0 Å². The van der Waals surface area contributed by atoms with Gasteiger partial charge in [0.15, 0.2) is 0 Å². The highest BCUT2D eigenvalue weighted by Gasteiger charge is 2.27. The van der Waals surface area contributed by atoms with E-state index in [4.69, 9.17) is 4.74 Å². The number of hydrogen-bond donors (Lipinski definition) is 0. The van der Waals surface area contributed by atoms with Crippen molar-refractivity contribution < 1.29 is 13.2 Å². The number of rotatable bonds is 7.